The molecule has 2 heterocycles. The summed E-state index contributed by atoms with van der Waals surface area (Å²) < 4.78 is 6.04. The fourth-order valence-electron chi connectivity index (χ4n) is 6.16. The molecule has 0 saturated heterocycles. The van der Waals surface area contributed by atoms with E-state index in [0.29, 0.717) is 12.5 Å². The van der Waals surface area contributed by atoms with Crippen molar-refractivity contribution in [3.8, 4) is 0 Å². The predicted octanol–water partition coefficient (Wildman–Crippen LogP) is 6.71. The van der Waals surface area contributed by atoms with Crippen LogP contribution in [0.1, 0.15) is 87.1 Å². The van der Waals surface area contributed by atoms with Crippen molar-refractivity contribution in [2.45, 2.75) is 82.6 Å². The van der Waals surface area contributed by atoms with Crippen molar-refractivity contribution in [1.29, 1.82) is 0 Å². The van der Waals surface area contributed by atoms with Gasteiger partial charge in [-0.05, 0) is 61.6 Å². The molecular formula is C28H36N2O. The monoisotopic (exact) mass is 416 g/mol. The molecule has 0 bridgehead atoms. The van der Waals surface area contributed by atoms with Gasteiger partial charge < -0.3 is 4.74 Å². The van der Waals surface area contributed by atoms with Crippen molar-refractivity contribution in [3.05, 3.63) is 65.5 Å². The Labute approximate surface area is 187 Å². The van der Waals surface area contributed by atoms with E-state index in [2.05, 4.69) is 48.5 Å². The van der Waals surface area contributed by atoms with Gasteiger partial charge in [-0.25, -0.2) is 9.98 Å². The fraction of sp³-hybridized carbons (Fsp3) is 0.571. The average Bonchev–Trinajstić information content (AvgIpc) is 3.30. The minimum absolute atomic E-state index is 0.190. The zero-order chi connectivity index (χ0) is 20.9. The van der Waals surface area contributed by atoms with Gasteiger partial charge in [0.15, 0.2) is 0 Å². The van der Waals surface area contributed by atoms with Gasteiger partial charge in [-0.3, -0.25) is 0 Å². The summed E-state index contributed by atoms with van der Waals surface area (Å²) in [5, 5.41) is 0. The van der Waals surface area contributed by atoms with Gasteiger partial charge in [-0.15, -0.1) is 0 Å². The van der Waals surface area contributed by atoms with Crippen LogP contribution < -0.4 is 0 Å². The van der Waals surface area contributed by atoms with Gasteiger partial charge in [-0.2, -0.15) is 0 Å². The molecule has 2 aliphatic carbocycles. The van der Waals surface area contributed by atoms with Crippen molar-refractivity contribution in [2.24, 2.45) is 16.8 Å². The van der Waals surface area contributed by atoms with E-state index in [1.165, 1.54) is 75.5 Å². The highest BCUT2D eigenvalue weighted by Gasteiger charge is 2.34. The summed E-state index contributed by atoms with van der Waals surface area (Å²) in [5.74, 6) is 2.96. The molecule has 3 heteroatoms. The van der Waals surface area contributed by atoms with Crippen LogP contribution in [0.2, 0.25) is 0 Å². The van der Waals surface area contributed by atoms with Crippen LogP contribution in [0.4, 0.5) is 0 Å². The Balaban J connectivity index is 1.36. The molecule has 1 aliphatic heterocycles. The second-order valence-electron chi connectivity index (χ2n) is 9.86. The maximum Gasteiger partial charge on any atom is 0.235 e. The quantitative estimate of drug-likeness (QED) is 0.524. The topological polar surface area (TPSA) is 34.5 Å². The molecule has 2 fully saturated rings. The molecule has 0 N–H and O–H groups in total. The van der Waals surface area contributed by atoms with E-state index in [1.54, 1.807) is 0 Å². The summed E-state index contributed by atoms with van der Waals surface area (Å²) in [6.45, 7) is 0.658. The Morgan fingerprint density at radius 3 is 2.13 bits per heavy atom. The lowest BCUT2D eigenvalue weighted by atomic mass is 9.68. The van der Waals surface area contributed by atoms with Crippen LogP contribution in [-0.4, -0.2) is 23.5 Å². The number of ether oxygens (including phenoxy) is 1. The maximum absolute atomic E-state index is 6.04. The van der Waals surface area contributed by atoms with E-state index < -0.39 is 0 Å². The first-order valence-corrected chi connectivity index (χ1v) is 12.6. The number of benzene rings is 1. The van der Waals surface area contributed by atoms with Crippen LogP contribution in [0, 0.1) is 11.8 Å². The largest absolute Gasteiger partial charge is 0.474 e. The van der Waals surface area contributed by atoms with Gasteiger partial charge in [0.25, 0.3) is 0 Å². The highest BCUT2D eigenvalue weighted by atomic mass is 16.5. The fourth-order valence-corrected chi connectivity index (χ4v) is 6.16. The van der Waals surface area contributed by atoms with Gasteiger partial charge in [0.05, 0.1) is 6.04 Å². The molecule has 2 aromatic rings. The van der Waals surface area contributed by atoms with Crippen molar-refractivity contribution in [3.63, 3.8) is 0 Å². The molecule has 164 valence electrons. The minimum Gasteiger partial charge on any atom is -0.474 e. The lowest BCUT2D eigenvalue weighted by Gasteiger charge is -2.37. The smallest absolute Gasteiger partial charge is 0.235 e. The van der Waals surface area contributed by atoms with Crippen LogP contribution in [0.15, 0.2) is 53.5 Å². The molecule has 3 aliphatic rings. The van der Waals surface area contributed by atoms with Crippen LogP contribution >= 0.6 is 0 Å². The van der Waals surface area contributed by atoms with Crippen LogP contribution in [0.25, 0.3) is 0 Å². The Bertz CT molecular complexity index is 848. The first-order chi connectivity index (χ1) is 15.4. The summed E-state index contributed by atoms with van der Waals surface area (Å²) >= 11 is 0. The molecule has 0 spiro atoms. The Kier molecular flexibility index (Phi) is 6.67. The van der Waals surface area contributed by atoms with Gasteiger partial charge in [-0.1, -0.05) is 74.9 Å². The molecule has 31 heavy (non-hydrogen) atoms. The Morgan fingerprint density at radius 2 is 1.45 bits per heavy atom. The zero-order valence-corrected chi connectivity index (χ0v) is 18.7. The number of nitrogens with zero attached hydrogens (tertiary/aromatic N) is 2. The van der Waals surface area contributed by atoms with Gasteiger partial charge in [0, 0.05) is 11.6 Å². The number of aromatic nitrogens is 1. The summed E-state index contributed by atoms with van der Waals surface area (Å²) in [6, 6.07) is 17.3. The molecule has 2 saturated carbocycles. The van der Waals surface area contributed by atoms with Crippen molar-refractivity contribution >= 4 is 5.90 Å². The van der Waals surface area contributed by atoms with E-state index in [9.17, 15) is 0 Å². The van der Waals surface area contributed by atoms with Gasteiger partial charge in [0.1, 0.15) is 12.3 Å². The SMILES string of the molecule is c1ccc(C[C@@H]2COC(c3cccc(C(C4CCCCC4)C4CCCCC4)n3)=N2)cc1. The van der Waals surface area contributed by atoms with E-state index in [4.69, 9.17) is 14.7 Å². The normalized spacial score (nSPS) is 23.0. The second kappa shape index (κ2) is 9.97. The predicted molar refractivity (Wildman–Crippen MR) is 127 cm³/mol. The molecule has 1 aromatic carbocycles. The van der Waals surface area contributed by atoms with E-state index in [1.807, 2.05) is 0 Å². The average molecular weight is 417 g/mol. The maximum atomic E-state index is 6.04. The van der Waals surface area contributed by atoms with E-state index >= 15 is 0 Å². The first kappa shape index (κ1) is 20.7. The molecule has 5 rings (SSSR count). The Morgan fingerprint density at radius 1 is 0.774 bits per heavy atom. The first-order valence-electron chi connectivity index (χ1n) is 12.6. The summed E-state index contributed by atoms with van der Waals surface area (Å²) in [5.41, 5.74) is 3.55. The minimum atomic E-state index is 0.190. The molecule has 0 radical (unpaired) electrons. The molecule has 0 unspecified atom stereocenters. The van der Waals surface area contributed by atoms with Crippen LogP contribution in [0.5, 0.6) is 0 Å². The third-order valence-corrected chi connectivity index (χ3v) is 7.67. The van der Waals surface area contributed by atoms with Crippen molar-refractivity contribution in [2.75, 3.05) is 6.61 Å². The highest BCUT2D eigenvalue weighted by molar-refractivity contribution is 5.93. The van der Waals surface area contributed by atoms with Gasteiger partial charge in [0.2, 0.25) is 5.90 Å². The number of hydrogen-bond acceptors (Lipinski definition) is 3. The van der Waals surface area contributed by atoms with Crippen LogP contribution in [-0.2, 0) is 11.2 Å². The van der Waals surface area contributed by atoms with Crippen molar-refractivity contribution < 1.29 is 4.74 Å². The van der Waals surface area contributed by atoms with E-state index in [0.717, 1.165) is 29.8 Å². The Hall–Kier alpha value is -2.16. The molecule has 1 atom stereocenters. The third kappa shape index (κ3) is 5.02. The molecular weight excluding hydrogens is 380 g/mol. The standard InChI is InChI=1S/C28H36N2O/c1-4-11-21(12-5-1)19-24-20-31-28(29-24)26-18-10-17-25(30-26)27(22-13-6-2-7-14-22)23-15-8-3-9-16-23/h1,4-5,10-12,17-18,22-24,27H,2-3,6-9,13-16,19-20H2/t24-/m1/s1. The highest BCUT2D eigenvalue weighted by Crippen LogP contribution is 2.45. The number of hydrogen-bond donors (Lipinski definition) is 0. The lowest BCUT2D eigenvalue weighted by molar-refractivity contribution is 0.199. The number of pyridine rings is 1. The molecule has 0 amide bonds. The number of rotatable bonds is 6. The molecule has 3 nitrogen and oxygen atoms in total. The van der Waals surface area contributed by atoms with Crippen LogP contribution in [0.3, 0.4) is 0 Å². The number of aliphatic imine (C=N–C) groups is 1. The van der Waals surface area contributed by atoms with Crippen molar-refractivity contribution in [1.82, 2.24) is 4.98 Å². The van der Waals surface area contributed by atoms with Gasteiger partial charge >= 0.3 is 0 Å². The summed E-state index contributed by atoms with van der Waals surface area (Å²) in [7, 11) is 0. The molecule has 1 aromatic heterocycles. The second-order valence-corrected chi connectivity index (χ2v) is 9.86. The van der Waals surface area contributed by atoms with E-state index in [-0.39, 0.29) is 6.04 Å². The summed E-state index contributed by atoms with van der Waals surface area (Å²) in [4.78, 5) is 10.1. The third-order valence-electron chi connectivity index (χ3n) is 7.67. The zero-order valence-electron chi connectivity index (χ0n) is 18.7. The summed E-state index contributed by atoms with van der Waals surface area (Å²) in [6.07, 6.45) is 14.8. The lowest BCUT2D eigenvalue weighted by Crippen LogP contribution is -2.26.